The van der Waals surface area contributed by atoms with Crippen LogP contribution in [0.5, 0.6) is 0 Å². The SMILES string of the molecule is CC(O)(c1ccccc1C(=O)O)C1CC1. The van der Waals surface area contributed by atoms with Crippen LogP contribution in [0.3, 0.4) is 0 Å². The molecule has 1 aliphatic rings. The van der Waals surface area contributed by atoms with Crippen LogP contribution < -0.4 is 0 Å². The van der Waals surface area contributed by atoms with Crippen LogP contribution in [0.4, 0.5) is 0 Å². The molecule has 0 radical (unpaired) electrons. The number of hydrogen-bond acceptors (Lipinski definition) is 2. The van der Waals surface area contributed by atoms with E-state index >= 15 is 0 Å². The Hall–Kier alpha value is -1.35. The van der Waals surface area contributed by atoms with Crippen LogP contribution in [0.1, 0.15) is 35.7 Å². The highest BCUT2D eigenvalue weighted by molar-refractivity contribution is 5.89. The molecule has 1 saturated carbocycles. The van der Waals surface area contributed by atoms with Gasteiger partial charge in [-0.15, -0.1) is 0 Å². The summed E-state index contributed by atoms with van der Waals surface area (Å²) in [5.41, 5.74) is -0.274. The Bertz CT molecular complexity index is 392. The molecule has 0 saturated heterocycles. The number of carboxylic acids is 1. The summed E-state index contributed by atoms with van der Waals surface area (Å²) < 4.78 is 0. The van der Waals surface area contributed by atoms with Crippen molar-refractivity contribution < 1.29 is 15.0 Å². The number of aromatic carboxylic acids is 1. The van der Waals surface area contributed by atoms with Crippen molar-refractivity contribution in [1.29, 1.82) is 0 Å². The van der Waals surface area contributed by atoms with Gasteiger partial charge in [-0.3, -0.25) is 0 Å². The van der Waals surface area contributed by atoms with E-state index in [0.717, 1.165) is 12.8 Å². The van der Waals surface area contributed by atoms with Gasteiger partial charge in [0.25, 0.3) is 0 Å². The van der Waals surface area contributed by atoms with E-state index in [1.165, 1.54) is 6.07 Å². The number of rotatable bonds is 3. The molecule has 1 fully saturated rings. The Morgan fingerprint density at radius 2 is 2.00 bits per heavy atom. The average molecular weight is 206 g/mol. The molecule has 0 aliphatic heterocycles. The van der Waals surface area contributed by atoms with Gasteiger partial charge in [0.2, 0.25) is 0 Å². The largest absolute Gasteiger partial charge is 0.478 e. The highest BCUT2D eigenvalue weighted by Crippen LogP contribution is 2.46. The summed E-state index contributed by atoms with van der Waals surface area (Å²) >= 11 is 0. The first-order valence-corrected chi connectivity index (χ1v) is 5.08. The van der Waals surface area contributed by atoms with Gasteiger partial charge in [0.1, 0.15) is 0 Å². The molecule has 0 aromatic heterocycles. The molecular weight excluding hydrogens is 192 g/mol. The van der Waals surface area contributed by atoms with Crippen LogP contribution in [0.25, 0.3) is 0 Å². The van der Waals surface area contributed by atoms with E-state index < -0.39 is 11.6 Å². The molecule has 0 heterocycles. The first-order chi connectivity index (χ1) is 7.03. The molecule has 1 unspecified atom stereocenters. The molecule has 1 aliphatic carbocycles. The van der Waals surface area contributed by atoms with Crippen molar-refractivity contribution in [3.63, 3.8) is 0 Å². The van der Waals surface area contributed by atoms with Crippen molar-refractivity contribution in [2.24, 2.45) is 5.92 Å². The summed E-state index contributed by atoms with van der Waals surface area (Å²) in [7, 11) is 0. The van der Waals surface area contributed by atoms with Gasteiger partial charge in [0, 0.05) is 0 Å². The fraction of sp³-hybridized carbons (Fsp3) is 0.417. The lowest BCUT2D eigenvalue weighted by Gasteiger charge is -2.25. The zero-order valence-electron chi connectivity index (χ0n) is 8.60. The highest BCUT2D eigenvalue weighted by atomic mass is 16.4. The van der Waals surface area contributed by atoms with Crippen LogP contribution in [0.2, 0.25) is 0 Å². The van der Waals surface area contributed by atoms with E-state index in [0.29, 0.717) is 5.56 Å². The van der Waals surface area contributed by atoms with Crippen LogP contribution in [-0.2, 0) is 5.60 Å². The van der Waals surface area contributed by atoms with Crippen LogP contribution >= 0.6 is 0 Å². The van der Waals surface area contributed by atoms with E-state index in [2.05, 4.69) is 0 Å². The fourth-order valence-corrected chi connectivity index (χ4v) is 1.98. The molecule has 0 spiro atoms. The first kappa shape index (κ1) is 10.2. The molecule has 1 aromatic rings. The van der Waals surface area contributed by atoms with Gasteiger partial charge in [0.15, 0.2) is 0 Å². The predicted octanol–water partition coefficient (Wildman–Crippen LogP) is 2.00. The van der Waals surface area contributed by atoms with Crippen molar-refractivity contribution in [3.05, 3.63) is 35.4 Å². The quantitative estimate of drug-likeness (QED) is 0.795. The first-order valence-electron chi connectivity index (χ1n) is 5.08. The van der Waals surface area contributed by atoms with Crippen molar-refractivity contribution in [2.75, 3.05) is 0 Å². The topological polar surface area (TPSA) is 57.5 Å². The molecule has 3 nitrogen and oxygen atoms in total. The second kappa shape index (κ2) is 3.35. The van der Waals surface area contributed by atoms with E-state index in [9.17, 15) is 9.90 Å². The number of aliphatic hydroxyl groups is 1. The third kappa shape index (κ3) is 1.75. The van der Waals surface area contributed by atoms with Crippen LogP contribution in [0, 0.1) is 5.92 Å². The number of hydrogen-bond donors (Lipinski definition) is 2. The molecule has 0 amide bonds. The van der Waals surface area contributed by atoms with Gasteiger partial charge >= 0.3 is 5.97 Å². The Kier molecular flexibility index (Phi) is 2.27. The number of benzene rings is 1. The number of carbonyl (C=O) groups is 1. The molecule has 15 heavy (non-hydrogen) atoms. The van der Waals surface area contributed by atoms with Crippen LogP contribution in [0.15, 0.2) is 24.3 Å². The lowest BCUT2D eigenvalue weighted by molar-refractivity contribution is 0.0305. The predicted molar refractivity (Wildman–Crippen MR) is 55.7 cm³/mol. The molecule has 3 heteroatoms. The Labute approximate surface area is 88.4 Å². The normalized spacial score (nSPS) is 19.6. The smallest absolute Gasteiger partial charge is 0.336 e. The monoisotopic (exact) mass is 206 g/mol. The molecule has 1 atom stereocenters. The number of carboxylic acid groups (broad SMARTS) is 1. The van der Waals surface area contributed by atoms with Gasteiger partial charge in [0.05, 0.1) is 11.2 Å². The summed E-state index contributed by atoms with van der Waals surface area (Å²) in [6.45, 7) is 1.70. The van der Waals surface area contributed by atoms with Crippen molar-refractivity contribution in [2.45, 2.75) is 25.4 Å². The maximum atomic E-state index is 11.0. The van der Waals surface area contributed by atoms with Gasteiger partial charge < -0.3 is 10.2 Å². The maximum absolute atomic E-state index is 11.0. The summed E-state index contributed by atoms with van der Waals surface area (Å²) in [4.78, 5) is 11.0. The Morgan fingerprint density at radius 1 is 1.40 bits per heavy atom. The van der Waals surface area contributed by atoms with E-state index in [-0.39, 0.29) is 11.5 Å². The third-order valence-corrected chi connectivity index (χ3v) is 3.08. The van der Waals surface area contributed by atoms with E-state index in [1.54, 1.807) is 25.1 Å². The maximum Gasteiger partial charge on any atom is 0.336 e. The zero-order valence-corrected chi connectivity index (χ0v) is 8.60. The summed E-state index contributed by atoms with van der Waals surface area (Å²) in [6.07, 6.45) is 1.95. The summed E-state index contributed by atoms with van der Waals surface area (Å²) in [6, 6.07) is 6.67. The second-order valence-corrected chi connectivity index (χ2v) is 4.27. The lowest BCUT2D eigenvalue weighted by atomic mass is 9.87. The van der Waals surface area contributed by atoms with Gasteiger partial charge in [-0.2, -0.15) is 0 Å². The van der Waals surface area contributed by atoms with Gasteiger partial charge in [-0.1, -0.05) is 18.2 Å². The summed E-state index contributed by atoms with van der Waals surface area (Å²) in [5.74, 6) is -0.774. The third-order valence-electron chi connectivity index (χ3n) is 3.08. The van der Waals surface area contributed by atoms with E-state index in [1.807, 2.05) is 0 Å². The molecule has 0 bridgehead atoms. The van der Waals surface area contributed by atoms with Crippen molar-refractivity contribution in [1.82, 2.24) is 0 Å². The van der Waals surface area contributed by atoms with Crippen molar-refractivity contribution >= 4 is 5.97 Å². The van der Waals surface area contributed by atoms with E-state index in [4.69, 9.17) is 5.11 Å². The molecule has 2 N–H and O–H groups in total. The molecular formula is C12H14O3. The minimum Gasteiger partial charge on any atom is -0.478 e. The lowest BCUT2D eigenvalue weighted by Crippen LogP contribution is -2.26. The Balaban J connectivity index is 2.46. The minimum absolute atomic E-state index is 0.203. The fourth-order valence-electron chi connectivity index (χ4n) is 1.98. The van der Waals surface area contributed by atoms with Crippen molar-refractivity contribution in [3.8, 4) is 0 Å². The molecule has 1 aromatic carbocycles. The zero-order chi connectivity index (χ0) is 11.1. The molecule has 80 valence electrons. The standard InChI is InChI=1S/C12H14O3/c1-12(15,8-6-7-8)10-5-3-2-4-9(10)11(13)14/h2-5,8,15H,6-7H2,1H3,(H,13,14). The minimum atomic E-state index is -1.00. The summed E-state index contributed by atoms with van der Waals surface area (Å²) in [5, 5.41) is 19.3. The average Bonchev–Trinajstić information content (AvgIpc) is 3.01. The highest BCUT2D eigenvalue weighted by Gasteiger charge is 2.42. The Morgan fingerprint density at radius 3 is 2.53 bits per heavy atom. The van der Waals surface area contributed by atoms with Gasteiger partial charge in [-0.25, -0.2) is 4.79 Å². The van der Waals surface area contributed by atoms with Crippen LogP contribution in [-0.4, -0.2) is 16.2 Å². The second-order valence-electron chi connectivity index (χ2n) is 4.27. The van der Waals surface area contributed by atoms with Gasteiger partial charge in [-0.05, 0) is 37.3 Å². The molecule has 2 rings (SSSR count).